The molecule has 2 N–H and O–H groups in total. The van der Waals surface area contributed by atoms with E-state index in [1.807, 2.05) is 13.8 Å². The SMILES string of the molecule is CC(C)OCCN1C(=O)C(O)=C(C(=O)c2cccs2)C1c1ccc(O)cc1. The molecule has 1 amide bonds. The normalized spacial score (nSPS) is 17.2. The predicted octanol–water partition coefficient (Wildman–Crippen LogP) is 3.46. The second-order valence-corrected chi connectivity index (χ2v) is 7.43. The van der Waals surface area contributed by atoms with Crippen LogP contribution >= 0.6 is 11.3 Å². The van der Waals surface area contributed by atoms with Crippen LogP contribution in [0.4, 0.5) is 0 Å². The van der Waals surface area contributed by atoms with Gasteiger partial charge in [0.05, 0.1) is 29.2 Å². The molecule has 27 heavy (non-hydrogen) atoms. The van der Waals surface area contributed by atoms with Crippen LogP contribution in [0.1, 0.15) is 35.1 Å². The fourth-order valence-electron chi connectivity index (χ4n) is 3.05. The summed E-state index contributed by atoms with van der Waals surface area (Å²) in [6.07, 6.45) is 0.00334. The molecule has 1 atom stereocenters. The van der Waals surface area contributed by atoms with Crippen LogP contribution in [0.2, 0.25) is 0 Å². The van der Waals surface area contributed by atoms with E-state index in [-0.39, 0.29) is 36.4 Å². The fraction of sp³-hybridized carbons (Fsp3) is 0.300. The summed E-state index contributed by atoms with van der Waals surface area (Å²) in [5.41, 5.74) is 0.687. The van der Waals surface area contributed by atoms with Crippen LogP contribution in [0.15, 0.2) is 53.1 Å². The van der Waals surface area contributed by atoms with Crippen LogP contribution in [-0.2, 0) is 9.53 Å². The molecule has 1 aliphatic rings. The number of Topliss-reactive ketones (excluding diaryl/α,β-unsaturated/α-hetero) is 1. The first-order valence-electron chi connectivity index (χ1n) is 8.63. The number of hydrogen-bond acceptors (Lipinski definition) is 6. The third-order valence-corrected chi connectivity index (χ3v) is 5.15. The minimum absolute atomic E-state index is 0.00334. The number of rotatable bonds is 7. The van der Waals surface area contributed by atoms with Crippen LogP contribution in [0.5, 0.6) is 5.75 Å². The number of thiophene rings is 1. The lowest BCUT2D eigenvalue weighted by atomic mass is 9.95. The lowest BCUT2D eigenvalue weighted by Crippen LogP contribution is -2.34. The number of nitrogens with zero attached hydrogens (tertiary/aromatic N) is 1. The highest BCUT2D eigenvalue weighted by Crippen LogP contribution is 2.39. The van der Waals surface area contributed by atoms with Gasteiger partial charge >= 0.3 is 0 Å². The van der Waals surface area contributed by atoms with E-state index in [4.69, 9.17) is 4.74 Å². The van der Waals surface area contributed by atoms with E-state index < -0.39 is 17.7 Å². The van der Waals surface area contributed by atoms with Gasteiger partial charge in [0, 0.05) is 6.54 Å². The first-order chi connectivity index (χ1) is 12.9. The van der Waals surface area contributed by atoms with E-state index in [0.29, 0.717) is 10.4 Å². The third-order valence-electron chi connectivity index (χ3n) is 4.29. The molecule has 142 valence electrons. The molecular formula is C20H21NO5S. The van der Waals surface area contributed by atoms with Crippen LogP contribution in [0.25, 0.3) is 0 Å². The van der Waals surface area contributed by atoms with Gasteiger partial charge < -0.3 is 19.8 Å². The van der Waals surface area contributed by atoms with E-state index in [2.05, 4.69) is 0 Å². The van der Waals surface area contributed by atoms with Crippen molar-refractivity contribution in [2.75, 3.05) is 13.2 Å². The topological polar surface area (TPSA) is 87.1 Å². The molecule has 1 unspecified atom stereocenters. The molecule has 0 aliphatic carbocycles. The summed E-state index contributed by atoms with van der Waals surface area (Å²) in [5.74, 6) is -1.42. The van der Waals surface area contributed by atoms with Gasteiger partial charge in [0.25, 0.3) is 5.91 Å². The van der Waals surface area contributed by atoms with Gasteiger partial charge in [-0.1, -0.05) is 18.2 Å². The number of ether oxygens (including phenoxy) is 1. The zero-order chi connectivity index (χ0) is 19.6. The quantitative estimate of drug-likeness (QED) is 0.711. The van der Waals surface area contributed by atoms with E-state index in [1.54, 1.807) is 29.6 Å². The number of phenols is 1. The molecule has 0 spiro atoms. The maximum Gasteiger partial charge on any atom is 0.290 e. The molecule has 0 radical (unpaired) electrons. The number of ketones is 1. The molecule has 6 nitrogen and oxygen atoms in total. The largest absolute Gasteiger partial charge is 0.508 e. The number of carbonyl (C=O) groups is 2. The van der Waals surface area contributed by atoms with E-state index in [9.17, 15) is 19.8 Å². The molecule has 3 rings (SSSR count). The number of phenolic OH excluding ortho intramolecular Hbond substituents is 1. The lowest BCUT2D eigenvalue weighted by molar-refractivity contribution is -0.130. The van der Waals surface area contributed by atoms with E-state index in [1.165, 1.54) is 28.4 Å². The van der Waals surface area contributed by atoms with Gasteiger partial charge in [-0.3, -0.25) is 9.59 Å². The number of carbonyl (C=O) groups excluding carboxylic acids is 2. The fourth-order valence-corrected chi connectivity index (χ4v) is 3.72. The Hall–Kier alpha value is -2.64. The Balaban J connectivity index is 1.99. The van der Waals surface area contributed by atoms with Crippen LogP contribution in [-0.4, -0.2) is 46.1 Å². The van der Waals surface area contributed by atoms with Gasteiger partial charge in [-0.2, -0.15) is 0 Å². The molecule has 0 saturated heterocycles. The molecule has 0 fully saturated rings. The first-order valence-corrected chi connectivity index (χ1v) is 9.51. The Labute approximate surface area is 161 Å². The number of amides is 1. The van der Waals surface area contributed by atoms with Gasteiger partial charge in [-0.15, -0.1) is 11.3 Å². The maximum absolute atomic E-state index is 13.0. The summed E-state index contributed by atoms with van der Waals surface area (Å²) >= 11 is 1.25. The minimum Gasteiger partial charge on any atom is -0.508 e. The summed E-state index contributed by atoms with van der Waals surface area (Å²) in [5, 5.41) is 21.8. The second kappa shape index (κ2) is 7.94. The van der Waals surface area contributed by atoms with Crippen molar-refractivity contribution in [3.63, 3.8) is 0 Å². The molecule has 0 saturated carbocycles. The minimum atomic E-state index is -0.733. The zero-order valence-corrected chi connectivity index (χ0v) is 15.9. The monoisotopic (exact) mass is 387 g/mol. The van der Waals surface area contributed by atoms with Crippen LogP contribution in [0, 0.1) is 0 Å². The highest BCUT2D eigenvalue weighted by atomic mass is 32.1. The molecule has 0 bridgehead atoms. The Morgan fingerprint density at radius 1 is 1.22 bits per heavy atom. The zero-order valence-electron chi connectivity index (χ0n) is 15.1. The van der Waals surface area contributed by atoms with Gasteiger partial charge in [0.1, 0.15) is 5.75 Å². The Kier molecular flexibility index (Phi) is 5.62. The summed E-state index contributed by atoms with van der Waals surface area (Å²) in [6.45, 7) is 4.30. The molecular weight excluding hydrogens is 366 g/mol. The van der Waals surface area contributed by atoms with Gasteiger partial charge in [0.15, 0.2) is 5.76 Å². The highest BCUT2D eigenvalue weighted by molar-refractivity contribution is 7.12. The predicted molar refractivity (Wildman–Crippen MR) is 102 cm³/mol. The Morgan fingerprint density at radius 2 is 1.93 bits per heavy atom. The standard InChI is InChI=1S/C20H21NO5S/c1-12(2)26-10-9-21-17(13-5-7-14(22)8-6-13)16(19(24)20(21)25)18(23)15-4-3-11-27-15/h3-8,11-12,17,22,24H,9-10H2,1-2H3. The number of hydrogen-bond donors (Lipinski definition) is 2. The van der Waals surface area contributed by atoms with Gasteiger partial charge in [-0.25, -0.2) is 0 Å². The molecule has 7 heteroatoms. The molecule has 1 aliphatic heterocycles. The number of aliphatic hydroxyl groups excluding tert-OH is 1. The van der Waals surface area contributed by atoms with Crippen molar-refractivity contribution in [2.24, 2.45) is 0 Å². The van der Waals surface area contributed by atoms with E-state index >= 15 is 0 Å². The molecule has 1 aromatic carbocycles. The number of aliphatic hydroxyl groups is 1. The summed E-state index contributed by atoms with van der Waals surface area (Å²) in [4.78, 5) is 27.5. The van der Waals surface area contributed by atoms with Crippen molar-refractivity contribution >= 4 is 23.0 Å². The van der Waals surface area contributed by atoms with Gasteiger partial charge in [-0.05, 0) is 43.0 Å². The van der Waals surface area contributed by atoms with Crippen molar-refractivity contribution in [1.29, 1.82) is 0 Å². The lowest BCUT2D eigenvalue weighted by Gasteiger charge is -2.27. The van der Waals surface area contributed by atoms with Gasteiger partial charge in [0.2, 0.25) is 5.78 Å². The first kappa shape index (κ1) is 19.1. The van der Waals surface area contributed by atoms with Crippen molar-refractivity contribution < 1.29 is 24.5 Å². The van der Waals surface area contributed by atoms with Crippen molar-refractivity contribution in [2.45, 2.75) is 26.0 Å². The van der Waals surface area contributed by atoms with Crippen molar-refractivity contribution in [1.82, 2.24) is 4.90 Å². The molecule has 2 heterocycles. The molecule has 1 aromatic heterocycles. The maximum atomic E-state index is 13.0. The summed E-state index contributed by atoms with van der Waals surface area (Å²) in [7, 11) is 0. The number of benzene rings is 1. The molecule has 2 aromatic rings. The second-order valence-electron chi connectivity index (χ2n) is 6.48. The van der Waals surface area contributed by atoms with Crippen LogP contribution in [0.3, 0.4) is 0 Å². The average Bonchev–Trinajstić information content (AvgIpc) is 3.25. The van der Waals surface area contributed by atoms with Crippen molar-refractivity contribution in [3.8, 4) is 5.75 Å². The average molecular weight is 387 g/mol. The number of aromatic hydroxyl groups is 1. The highest BCUT2D eigenvalue weighted by Gasteiger charge is 2.43. The van der Waals surface area contributed by atoms with Crippen molar-refractivity contribution in [3.05, 3.63) is 63.6 Å². The smallest absolute Gasteiger partial charge is 0.290 e. The Morgan fingerprint density at radius 3 is 2.52 bits per heavy atom. The third kappa shape index (κ3) is 3.89. The summed E-state index contributed by atoms with van der Waals surface area (Å²) in [6, 6.07) is 8.94. The Bertz CT molecular complexity index is 855. The summed E-state index contributed by atoms with van der Waals surface area (Å²) < 4.78 is 5.54. The van der Waals surface area contributed by atoms with Crippen LogP contribution < -0.4 is 0 Å². The van der Waals surface area contributed by atoms with E-state index in [0.717, 1.165) is 0 Å².